The Bertz CT molecular complexity index is 1680. The number of likely N-dealkylation sites (N-methyl/N-ethyl adjacent to an activating group) is 1. The lowest BCUT2D eigenvalue weighted by atomic mass is 10.0. The first-order chi connectivity index (χ1) is 19.4. The highest BCUT2D eigenvalue weighted by Crippen LogP contribution is 2.42. The van der Waals surface area contributed by atoms with Gasteiger partial charge < -0.3 is 25.6 Å². The summed E-state index contributed by atoms with van der Waals surface area (Å²) in [5.41, 5.74) is 6.47. The minimum Gasteiger partial charge on any atom is -0.462 e. The van der Waals surface area contributed by atoms with Gasteiger partial charge in [-0.2, -0.15) is 15.2 Å². The highest BCUT2D eigenvalue weighted by molar-refractivity contribution is 7.23. The number of pyridine rings is 1. The van der Waals surface area contributed by atoms with E-state index in [1.165, 1.54) is 12.1 Å². The third-order valence-corrected chi connectivity index (χ3v) is 9.45. The summed E-state index contributed by atoms with van der Waals surface area (Å²) in [6.07, 6.45) is 5.86. The maximum absolute atomic E-state index is 16.5. The van der Waals surface area contributed by atoms with Crippen LogP contribution < -0.4 is 20.7 Å². The van der Waals surface area contributed by atoms with E-state index in [-0.39, 0.29) is 49.5 Å². The van der Waals surface area contributed by atoms with Gasteiger partial charge in [-0.1, -0.05) is 0 Å². The Hall–Kier alpha value is -3.66. The zero-order valence-corrected chi connectivity index (χ0v) is 22.8. The molecule has 0 spiro atoms. The van der Waals surface area contributed by atoms with Crippen molar-refractivity contribution in [2.75, 3.05) is 43.9 Å². The molecule has 3 aliphatic rings. The van der Waals surface area contributed by atoms with Crippen LogP contribution in [0.3, 0.4) is 0 Å². The second-order valence-electron chi connectivity index (χ2n) is 10.9. The van der Waals surface area contributed by atoms with E-state index in [4.69, 9.17) is 15.5 Å². The van der Waals surface area contributed by atoms with Gasteiger partial charge >= 0.3 is 6.01 Å². The Kier molecular flexibility index (Phi) is 6.18. The third-order valence-electron chi connectivity index (χ3n) is 8.42. The van der Waals surface area contributed by atoms with Crippen LogP contribution >= 0.6 is 11.3 Å². The minimum absolute atomic E-state index is 0.0293. The molecule has 3 N–H and O–H groups in total. The van der Waals surface area contributed by atoms with Gasteiger partial charge in [0.25, 0.3) is 0 Å². The Morgan fingerprint density at radius 3 is 2.73 bits per heavy atom. The molecule has 0 saturated carbocycles. The number of hydrogen-bond acceptors (Lipinski definition) is 10. The van der Waals surface area contributed by atoms with Crippen LogP contribution in [-0.2, 0) is 0 Å². The quantitative estimate of drug-likeness (QED) is 0.372. The summed E-state index contributed by atoms with van der Waals surface area (Å²) in [6.45, 7) is 2.91. The number of fused-ring (bicyclic) bond motifs is 4. The number of likely N-dealkylation sites (tertiary alicyclic amines) is 1. The molecule has 9 nitrogen and oxygen atoms in total. The molecule has 3 fully saturated rings. The highest BCUT2D eigenvalue weighted by atomic mass is 32.1. The van der Waals surface area contributed by atoms with Crippen molar-refractivity contribution >= 4 is 43.1 Å². The highest BCUT2D eigenvalue weighted by Gasteiger charge is 2.34. The van der Waals surface area contributed by atoms with Gasteiger partial charge in [0.05, 0.1) is 15.6 Å². The second kappa shape index (κ2) is 9.76. The van der Waals surface area contributed by atoms with E-state index in [1.54, 1.807) is 6.20 Å². The molecule has 0 amide bonds. The first-order valence-corrected chi connectivity index (χ1v) is 14.3. The summed E-state index contributed by atoms with van der Waals surface area (Å²) < 4.78 is 37.4. The molecule has 206 valence electrons. The van der Waals surface area contributed by atoms with Gasteiger partial charge in [-0.05, 0) is 51.4 Å². The summed E-state index contributed by atoms with van der Waals surface area (Å²) in [5, 5.41) is 14.3. The number of nitrogens with two attached hydrogens (primary N) is 1. The van der Waals surface area contributed by atoms with Gasteiger partial charge in [0, 0.05) is 48.4 Å². The van der Waals surface area contributed by atoms with Crippen molar-refractivity contribution in [1.82, 2.24) is 25.2 Å². The number of anilines is 2. The average Bonchev–Trinajstić information content (AvgIpc) is 3.63. The molecule has 0 radical (unpaired) electrons. The molecule has 7 rings (SSSR count). The maximum Gasteiger partial charge on any atom is 0.319 e. The van der Waals surface area contributed by atoms with Crippen LogP contribution in [0.4, 0.5) is 19.6 Å². The topological polar surface area (TPSA) is 116 Å². The fraction of sp³-hybridized carbons (Fsp3) is 0.429. The normalized spacial score (nSPS) is 22.9. The number of nitrogens with zero attached hydrogens (tertiary/aromatic N) is 6. The number of nitriles is 1. The number of piperazine rings is 1. The molecule has 4 aromatic rings. The number of ether oxygens (including phenoxy) is 1. The predicted octanol–water partition coefficient (Wildman–Crippen LogP) is 4.05. The van der Waals surface area contributed by atoms with Crippen molar-refractivity contribution in [3.63, 3.8) is 0 Å². The minimum atomic E-state index is -0.677. The van der Waals surface area contributed by atoms with E-state index in [1.807, 2.05) is 6.07 Å². The van der Waals surface area contributed by atoms with Gasteiger partial charge in [0.2, 0.25) is 0 Å². The van der Waals surface area contributed by atoms with Gasteiger partial charge in [-0.3, -0.25) is 4.98 Å². The molecule has 0 aliphatic carbocycles. The number of nitrogen functional groups attached to an aromatic ring is 1. The van der Waals surface area contributed by atoms with Gasteiger partial charge in [-0.25, -0.2) is 8.78 Å². The molecule has 6 heterocycles. The third kappa shape index (κ3) is 4.11. The average molecular weight is 563 g/mol. The lowest BCUT2D eigenvalue weighted by Crippen LogP contribution is -2.51. The molecule has 40 heavy (non-hydrogen) atoms. The van der Waals surface area contributed by atoms with Crippen LogP contribution in [0.5, 0.6) is 6.01 Å². The number of aromatic nitrogens is 3. The number of thiophene rings is 1. The van der Waals surface area contributed by atoms with E-state index in [0.29, 0.717) is 29.9 Å². The van der Waals surface area contributed by atoms with Gasteiger partial charge in [-0.15, -0.1) is 11.3 Å². The Labute approximate surface area is 233 Å². The largest absolute Gasteiger partial charge is 0.462 e. The van der Waals surface area contributed by atoms with Gasteiger partial charge in [0.1, 0.15) is 40.5 Å². The van der Waals surface area contributed by atoms with E-state index in [2.05, 4.69) is 32.1 Å². The predicted molar refractivity (Wildman–Crippen MR) is 151 cm³/mol. The molecule has 3 atom stereocenters. The summed E-state index contributed by atoms with van der Waals surface area (Å²) in [4.78, 5) is 18.2. The number of hydrogen-bond donors (Lipinski definition) is 2. The molecule has 3 aliphatic heterocycles. The number of nitrogens with one attached hydrogen (secondary N) is 1. The number of benzene rings is 1. The van der Waals surface area contributed by atoms with Crippen LogP contribution in [0.15, 0.2) is 18.3 Å². The van der Waals surface area contributed by atoms with Crippen molar-refractivity contribution in [3.05, 3.63) is 35.5 Å². The molecule has 3 aromatic heterocycles. The lowest BCUT2D eigenvalue weighted by Gasteiger charge is -2.34. The zero-order chi connectivity index (χ0) is 27.5. The standard InChI is InChI=1S/C28H28F2N8OS/c1-37-8-2-3-16(37)13-39-28-35-24-19(27(36-28)38-11-14-4-5-15(12-38)34-14)10-33-23(22(24)30)17-6-7-20(29)25-21(17)18(9-31)26(32)40-25/h6-7,10,14-16,34H,2-5,8,11-13,32H2,1H3. The fourth-order valence-corrected chi connectivity index (χ4v) is 7.29. The van der Waals surface area contributed by atoms with Crippen LogP contribution in [-0.4, -0.2) is 71.3 Å². The van der Waals surface area contributed by atoms with Crippen LogP contribution in [0.2, 0.25) is 0 Å². The summed E-state index contributed by atoms with van der Waals surface area (Å²) in [6, 6.07) is 5.78. The van der Waals surface area contributed by atoms with Crippen molar-refractivity contribution in [3.8, 4) is 23.3 Å². The molecule has 12 heteroatoms. The van der Waals surface area contributed by atoms with Crippen molar-refractivity contribution < 1.29 is 13.5 Å². The van der Waals surface area contributed by atoms with E-state index < -0.39 is 11.6 Å². The van der Waals surface area contributed by atoms with Crippen molar-refractivity contribution in [2.24, 2.45) is 0 Å². The van der Waals surface area contributed by atoms with Crippen LogP contribution in [0, 0.1) is 23.0 Å². The fourth-order valence-electron chi connectivity index (χ4n) is 6.34. The van der Waals surface area contributed by atoms with E-state index in [0.717, 1.165) is 56.7 Å². The van der Waals surface area contributed by atoms with E-state index >= 15 is 4.39 Å². The molecular weight excluding hydrogens is 534 g/mol. The van der Waals surface area contributed by atoms with Gasteiger partial charge in [0.15, 0.2) is 5.82 Å². The monoisotopic (exact) mass is 562 g/mol. The smallest absolute Gasteiger partial charge is 0.319 e. The molecular formula is C28H28F2N8OS. The maximum atomic E-state index is 16.5. The SMILES string of the molecule is CN1CCCC1COc1nc(N2CC3CCC(C2)N3)c2cnc(-c3ccc(F)c4sc(N)c(C#N)c34)c(F)c2n1. The molecule has 3 saturated heterocycles. The molecule has 3 unspecified atom stereocenters. The zero-order valence-electron chi connectivity index (χ0n) is 22.0. The van der Waals surface area contributed by atoms with Crippen LogP contribution in [0.1, 0.15) is 31.2 Å². The first-order valence-electron chi connectivity index (χ1n) is 13.5. The second-order valence-corrected chi connectivity index (χ2v) is 11.9. The first kappa shape index (κ1) is 25.3. The molecule has 2 bridgehead atoms. The number of halogens is 2. The summed E-state index contributed by atoms with van der Waals surface area (Å²) >= 11 is 0.965. The van der Waals surface area contributed by atoms with Crippen molar-refractivity contribution in [2.45, 2.75) is 43.8 Å². The summed E-state index contributed by atoms with van der Waals surface area (Å²) in [5.74, 6) is -0.606. The van der Waals surface area contributed by atoms with E-state index in [9.17, 15) is 9.65 Å². The number of rotatable bonds is 5. The van der Waals surface area contributed by atoms with Crippen molar-refractivity contribution in [1.29, 1.82) is 5.26 Å². The molecule has 1 aromatic carbocycles. The summed E-state index contributed by atoms with van der Waals surface area (Å²) in [7, 11) is 2.07. The van der Waals surface area contributed by atoms with Crippen LogP contribution in [0.25, 0.3) is 32.2 Å². The Morgan fingerprint density at radius 1 is 1.20 bits per heavy atom. The Morgan fingerprint density at radius 2 is 2.00 bits per heavy atom. The lowest BCUT2D eigenvalue weighted by molar-refractivity contribution is 0.188. The Balaban J connectivity index is 1.38.